The van der Waals surface area contributed by atoms with Crippen LogP contribution in [0.5, 0.6) is 0 Å². The lowest BCUT2D eigenvalue weighted by Crippen LogP contribution is -2.20. The van der Waals surface area contributed by atoms with Gasteiger partial charge >= 0.3 is 0 Å². The van der Waals surface area contributed by atoms with Gasteiger partial charge in [0.15, 0.2) is 0 Å². The molecule has 4 nitrogen and oxygen atoms in total. The van der Waals surface area contributed by atoms with E-state index in [2.05, 4.69) is 73.4 Å². The third kappa shape index (κ3) is 4.74. The van der Waals surface area contributed by atoms with Crippen LogP contribution in [0.4, 0.5) is 17.5 Å². The van der Waals surface area contributed by atoms with Gasteiger partial charge in [-0.15, -0.1) is 0 Å². The van der Waals surface area contributed by atoms with Crippen molar-refractivity contribution in [3.8, 4) is 0 Å². The monoisotopic (exact) mass is 284 g/mol. The lowest BCUT2D eigenvalue weighted by atomic mass is 9.97. The average Bonchev–Trinajstić information content (AvgIpc) is 2.40. The Bertz CT molecular complexity index is 614. The molecular weight excluding hydrogens is 260 g/mol. The molecule has 4 heteroatoms. The molecule has 0 unspecified atom stereocenters. The van der Waals surface area contributed by atoms with Crippen molar-refractivity contribution in [3.05, 3.63) is 41.6 Å². The zero-order valence-electron chi connectivity index (χ0n) is 13.5. The van der Waals surface area contributed by atoms with E-state index in [1.165, 1.54) is 11.1 Å². The summed E-state index contributed by atoms with van der Waals surface area (Å²) in [7, 11) is 0. The maximum atomic E-state index is 4.49. The Kier molecular flexibility index (Phi) is 4.46. The lowest BCUT2D eigenvalue weighted by Gasteiger charge is -2.18. The van der Waals surface area contributed by atoms with E-state index >= 15 is 0 Å². The molecule has 0 saturated carbocycles. The third-order valence-electron chi connectivity index (χ3n) is 3.21. The zero-order chi connectivity index (χ0) is 15.5. The van der Waals surface area contributed by atoms with Gasteiger partial charge in [-0.25, -0.2) is 4.98 Å². The smallest absolute Gasteiger partial charge is 0.224 e. The summed E-state index contributed by atoms with van der Waals surface area (Å²) in [6.07, 6.45) is 1.77. The maximum absolute atomic E-state index is 4.49. The van der Waals surface area contributed by atoms with Crippen molar-refractivity contribution in [2.45, 2.75) is 34.6 Å². The molecule has 0 aliphatic heterocycles. The first kappa shape index (κ1) is 15.3. The predicted octanol–water partition coefficient (Wildman–Crippen LogP) is 4.30. The van der Waals surface area contributed by atoms with E-state index in [0.29, 0.717) is 5.95 Å². The Morgan fingerprint density at radius 2 is 1.81 bits per heavy atom. The van der Waals surface area contributed by atoms with Gasteiger partial charge in [0, 0.05) is 18.4 Å². The summed E-state index contributed by atoms with van der Waals surface area (Å²) < 4.78 is 0. The highest BCUT2D eigenvalue weighted by molar-refractivity contribution is 5.58. The quantitative estimate of drug-likeness (QED) is 0.879. The summed E-state index contributed by atoms with van der Waals surface area (Å²) in [6, 6.07) is 8.17. The van der Waals surface area contributed by atoms with Crippen LogP contribution in [0.15, 0.2) is 30.5 Å². The van der Waals surface area contributed by atoms with Gasteiger partial charge in [0.05, 0.1) is 0 Å². The first-order valence-electron chi connectivity index (χ1n) is 7.25. The highest BCUT2D eigenvalue weighted by Gasteiger charge is 2.10. The summed E-state index contributed by atoms with van der Waals surface area (Å²) >= 11 is 0. The van der Waals surface area contributed by atoms with E-state index in [9.17, 15) is 0 Å². The van der Waals surface area contributed by atoms with Crippen molar-refractivity contribution in [2.75, 3.05) is 17.2 Å². The third-order valence-corrected chi connectivity index (χ3v) is 3.21. The van der Waals surface area contributed by atoms with Gasteiger partial charge in [-0.2, -0.15) is 4.98 Å². The lowest BCUT2D eigenvalue weighted by molar-refractivity contribution is 0.442. The second kappa shape index (κ2) is 6.12. The van der Waals surface area contributed by atoms with Crippen molar-refractivity contribution in [3.63, 3.8) is 0 Å². The highest BCUT2D eigenvalue weighted by atomic mass is 15.1. The van der Waals surface area contributed by atoms with Crippen LogP contribution in [0.2, 0.25) is 0 Å². The van der Waals surface area contributed by atoms with E-state index in [0.717, 1.165) is 18.1 Å². The Morgan fingerprint density at radius 1 is 1.05 bits per heavy atom. The van der Waals surface area contributed by atoms with Crippen LogP contribution in [-0.2, 0) is 0 Å². The number of hydrogen-bond donors (Lipinski definition) is 2. The molecule has 0 spiro atoms. The maximum Gasteiger partial charge on any atom is 0.224 e. The minimum Gasteiger partial charge on any atom is -0.354 e. The molecule has 2 rings (SSSR count). The van der Waals surface area contributed by atoms with E-state index in [1.807, 2.05) is 6.07 Å². The van der Waals surface area contributed by atoms with Gasteiger partial charge in [-0.1, -0.05) is 26.8 Å². The fourth-order valence-electron chi connectivity index (χ4n) is 1.82. The van der Waals surface area contributed by atoms with E-state index in [4.69, 9.17) is 0 Å². The highest BCUT2D eigenvalue weighted by Crippen LogP contribution is 2.19. The van der Waals surface area contributed by atoms with Crippen molar-refractivity contribution >= 4 is 17.5 Å². The molecule has 2 aromatic rings. The van der Waals surface area contributed by atoms with Gasteiger partial charge in [0.25, 0.3) is 0 Å². The van der Waals surface area contributed by atoms with Crippen molar-refractivity contribution in [2.24, 2.45) is 5.41 Å². The summed E-state index contributed by atoms with van der Waals surface area (Å²) in [5, 5.41) is 6.59. The van der Waals surface area contributed by atoms with Crippen molar-refractivity contribution in [1.29, 1.82) is 0 Å². The molecule has 1 heterocycles. The first-order valence-corrected chi connectivity index (χ1v) is 7.25. The molecule has 21 heavy (non-hydrogen) atoms. The van der Waals surface area contributed by atoms with Gasteiger partial charge in [0.2, 0.25) is 5.95 Å². The van der Waals surface area contributed by atoms with Crippen molar-refractivity contribution < 1.29 is 0 Å². The molecule has 0 amide bonds. The molecule has 0 fully saturated rings. The van der Waals surface area contributed by atoms with Gasteiger partial charge in [-0.3, -0.25) is 0 Å². The number of nitrogens with one attached hydrogen (secondary N) is 2. The second-order valence-electron chi connectivity index (χ2n) is 6.60. The SMILES string of the molecule is Cc1ccc(Nc2ccnc(NCC(C)(C)C)n2)cc1C. The standard InChI is InChI=1S/C17H24N4/c1-12-6-7-14(10-13(12)2)20-15-8-9-18-16(21-15)19-11-17(3,4)5/h6-10H,11H2,1-5H3,(H2,18,19,20,21). The minimum atomic E-state index is 0.195. The largest absolute Gasteiger partial charge is 0.354 e. The number of nitrogens with zero attached hydrogens (tertiary/aromatic N) is 2. The summed E-state index contributed by atoms with van der Waals surface area (Å²) in [6.45, 7) is 11.6. The number of rotatable bonds is 4. The van der Waals surface area contributed by atoms with Crippen LogP contribution in [0.3, 0.4) is 0 Å². The fraction of sp³-hybridized carbons (Fsp3) is 0.412. The van der Waals surface area contributed by atoms with Gasteiger partial charge < -0.3 is 10.6 Å². The van der Waals surface area contributed by atoms with Gasteiger partial charge in [0.1, 0.15) is 5.82 Å². The molecule has 112 valence electrons. The normalized spacial score (nSPS) is 11.3. The van der Waals surface area contributed by atoms with Crippen LogP contribution in [0.1, 0.15) is 31.9 Å². The minimum absolute atomic E-state index is 0.195. The van der Waals surface area contributed by atoms with E-state index in [-0.39, 0.29) is 5.41 Å². The Morgan fingerprint density at radius 3 is 2.48 bits per heavy atom. The second-order valence-corrected chi connectivity index (χ2v) is 6.60. The van der Waals surface area contributed by atoms with Crippen LogP contribution < -0.4 is 10.6 Å². The molecule has 1 aromatic heterocycles. The molecule has 0 aliphatic carbocycles. The Hall–Kier alpha value is -2.10. The fourth-order valence-corrected chi connectivity index (χ4v) is 1.82. The number of anilines is 3. The van der Waals surface area contributed by atoms with Gasteiger partial charge in [-0.05, 0) is 48.6 Å². The number of aryl methyl sites for hydroxylation is 2. The van der Waals surface area contributed by atoms with Crippen LogP contribution >= 0.6 is 0 Å². The van der Waals surface area contributed by atoms with E-state index in [1.54, 1.807) is 6.20 Å². The molecule has 0 bridgehead atoms. The molecule has 1 aromatic carbocycles. The topological polar surface area (TPSA) is 49.8 Å². The van der Waals surface area contributed by atoms with Crippen LogP contribution in [0.25, 0.3) is 0 Å². The van der Waals surface area contributed by atoms with Crippen LogP contribution in [0, 0.1) is 19.3 Å². The van der Waals surface area contributed by atoms with Crippen LogP contribution in [-0.4, -0.2) is 16.5 Å². The molecular formula is C17H24N4. The average molecular weight is 284 g/mol. The molecule has 2 N–H and O–H groups in total. The molecule has 0 radical (unpaired) electrons. The van der Waals surface area contributed by atoms with Crippen molar-refractivity contribution in [1.82, 2.24) is 9.97 Å². The predicted molar refractivity (Wildman–Crippen MR) is 89.2 cm³/mol. The molecule has 0 saturated heterocycles. The summed E-state index contributed by atoms with van der Waals surface area (Å²) in [5.74, 6) is 1.45. The first-order chi connectivity index (χ1) is 9.83. The number of hydrogen-bond acceptors (Lipinski definition) is 4. The van der Waals surface area contributed by atoms with E-state index < -0.39 is 0 Å². The summed E-state index contributed by atoms with van der Waals surface area (Å²) in [4.78, 5) is 8.74. The Balaban J connectivity index is 2.08. The number of aromatic nitrogens is 2. The molecule has 0 atom stereocenters. The number of benzene rings is 1. The Labute approximate surface area is 127 Å². The zero-order valence-corrected chi connectivity index (χ0v) is 13.5. The summed E-state index contributed by atoms with van der Waals surface area (Å²) in [5.41, 5.74) is 3.79. The molecule has 0 aliphatic rings.